The van der Waals surface area contributed by atoms with Gasteiger partial charge in [0.15, 0.2) is 0 Å². The first-order valence-corrected chi connectivity index (χ1v) is 9.43. The summed E-state index contributed by atoms with van der Waals surface area (Å²) in [5.74, 6) is -0.149. The third kappa shape index (κ3) is 3.98. The molecular weight excluding hydrogens is 358 g/mol. The molecule has 3 aromatic rings. The molecule has 0 radical (unpaired) electrons. The minimum Gasteiger partial charge on any atom is -0.305 e. The number of halogens is 2. The van der Waals surface area contributed by atoms with Crippen LogP contribution >= 0.6 is 0 Å². The molecule has 2 atom stereocenters. The van der Waals surface area contributed by atoms with Gasteiger partial charge < -0.3 is 4.90 Å². The molecule has 6 heteroatoms. The first-order valence-electron chi connectivity index (χ1n) is 9.43. The highest BCUT2D eigenvalue weighted by molar-refractivity contribution is 5.32. The van der Waals surface area contributed by atoms with E-state index in [2.05, 4.69) is 29.0 Å². The first kappa shape index (κ1) is 18.8. The summed E-state index contributed by atoms with van der Waals surface area (Å²) in [5.41, 5.74) is 2.96. The Labute approximate surface area is 164 Å². The Morgan fingerprint density at radius 2 is 1.82 bits per heavy atom. The normalized spacial score (nSPS) is 20.2. The molecule has 2 heterocycles. The fourth-order valence-electron chi connectivity index (χ4n) is 4.02. The van der Waals surface area contributed by atoms with Gasteiger partial charge in [0.1, 0.15) is 11.6 Å². The Kier molecular flexibility index (Phi) is 5.24. The van der Waals surface area contributed by atoms with Gasteiger partial charge in [-0.15, -0.1) is 0 Å². The van der Waals surface area contributed by atoms with Crippen molar-refractivity contribution in [3.63, 3.8) is 0 Å². The molecule has 2 unspecified atom stereocenters. The minimum atomic E-state index is -0.273. The van der Waals surface area contributed by atoms with E-state index in [1.54, 1.807) is 10.7 Å². The second-order valence-corrected chi connectivity index (χ2v) is 7.66. The third-order valence-corrected chi connectivity index (χ3v) is 5.44. The van der Waals surface area contributed by atoms with Crippen molar-refractivity contribution in [2.45, 2.75) is 18.5 Å². The average molecular weight is 382 g/mol. The number of aromatic nitrogens is 2. The van der Waals surface area contributed by atoms with Crippen LogP contribution in [-0.2, 0) is 6.54 Å². The largest absolute Gasteiger partial charge is 0.305 e. The van der Waals surface area contributed by atoms with Crippen molar-refractivity contribution in [1.29, 1.82) is 0 Å². The molecule has 1 fully saturated rings. The Morgan fingerprint density at radius 3 is 2.54 bits per heavy atom. The van der Waals surface area contributed by atoms with Crippen LogP contribution in [0.15, 0.2) is 60.9 Å². The van der Waals surface area contributed by atoms with E-state index in [0.717, 1.165) is 30.8 Å². The van der Waals surface area contributed by atoms with Gasteiger partial charge in [-0.2, -0.15) is 5.10 Å². The van der Waals surface area contributed by atoms with E-state index in [0.29, 0.717) is 17.6 Å². The zero-order valence-electron chi connectivity index (χ0n) is 16.1. The number of rotatable bonds is 5. The van der Waals surface area contributed by atoms with Gasteiger partial charge >= 0.3 is 0 Å². The third-order valence-electron chi connectivity index (χ3n) is 5.44. The van der Waals surface area contributed by atoms with Crippen LogP contribution < -0.4 is 0 Å². The van der Waals surface area contributed by atoms with Crippen LogP contribution in [-0.4, -0.2) is 52.8 Å². The molecule has 0 amide bonds. The molecule has 1 saturated heterocycles. The van der Waals surface area contributed by atoms with E-state index in [1.165, 1.54) is 24.3 Å². The van der Waals surface area contributed by atoms with Crippen molar-refractivity contribution in [1.82, 2.24) is 19.6 Å². The lowest BCUT2D eigenvalue weighted by molar-refractivity contribution is 0.259. The standard InChI is InChI=1S/C22H24F2N4/c1-26(2)22-15-27(14-21(22)17-6-8-18(23)9-7-17)12-16-11-25-28(13-16)20-5-3-4-19(24)10-20/h3-11,13,21-22H,12,14-15H2,1-2H3. The first-order chi connectivity index (χ1) is 13.5. The van der Waals surface area contributed by atoms with E-state index in [9.17, 15) is 8.78 Å². The predicted octanol–water partition coefficient (Wildman–Crippen LogP) is 3.68. The average Bonchev–Trinajstić information content (AvgIpc) is 3.30. The van der Waals surface area contributed by atoms with Gasteiger partial charge in [0.25, 0.3) is 0 Å². The van der Waals surface area contributed by atoms with E-state index >= 15 is 0 Å². The van der Waals surface area contributed by atoms with Crippen LogP contribution in [0.2, 0.25) is 0 Å². The fourth-order valence-corrected chi connectivity index (χ4v) is 4.02. The van der Waals surface area contributed by atoms with E-state index in [-0.39, 0.29) is 11.6 Å². The van der Waals surface area contributed by atoms with Crippen LogP contribution in [0.3, 0.4) is 0 Å². The van der Waals surface area contributed by atoms with Gasteiger partial charge in [0.05, 0.1) is 11.9 Å². The fraction of sp³-hybridized carbons (Fsp3) is 0.318. The molecule has 146 valence electrons. The van der Waals surface area contributed by atoms with Crippen LogP contribution in [0.1, 0.15) is 17.0 Å². The Bertz CT molecular complexity index is 936. The summed E-state index contributed by atoms with van der Waals surface area (Å²) in [5, 5.41) is 4.38. The maximum Gasteiger partial charge on any atom is 0.125 e. The molecule has 0 saturated carbocycles. The molecule has 1 aromatic heterocycles. The van der Waals surface area contributed by atoms with Crippen LogP contribution in [0.4, 0.5) is 8.78 Å². The number of hydrogen-bond donors (Lipinski definition) is 0. The van der Waals surface area contributed by atoms with Gasteiger partial charge in [0, 0.05) is 43.4 Å². The SMILES string of the molecule is CN(C)C1CN(Cc2cnn(-c3cccc(F)c3)c2)CC1c1ccc(F)cc1. The topological polar surface area (TPSA) is 24.3 Å². The quantitative estimate of drug-likeness (QED) is 0.673. The molecule has 0 spiro atoms. The van der Waals surface area contributed by atoms with Crippen molar-refractivity contribution in [2.75, 3.05) is 27.2 Å². The maximum atomic E-state index is 13.5. The van der Waals surface area contributed by atoms with Gasteiger partial charge in [-0.25, -0.2) is 13.5 Å². The zero-order valence-corrected chi connectivity index (χ0v) is 16.1. The molecule has 1 aliphatic rings. The van der Waals surface area contributed by atoms with Crippen molar-refractivity contribution in [2.24, 2.45) is 0 Å². The van der Waals surface area contributed by atoms with Gasteiger partial charge in [-0.05, 0) is 50.0 Å². The maximum absolute atomic E-state index is 13.5. The number of likely N-dealkylation sites (tertiary alicyclic amines) is 1. The van der Waals surface area contributed by atoms with Crippen molar-refractivity contribution in [3.05, 3.63) is 83.7 Å². The molecule has 28 heavy (non-hydrogen) atoms. The molecule has 1 aliphatic heterocycles. The highest BCUT2D eigenvalue weighted by atomic mass is 19.1. The highest BCUT2D eigenvalue weighted by Crippen LogP contribution is 2.31. The zero-order chi connectivity index (χ0) is 19.7. The van der Waals surface area contributed by atoms with E-state index in [1.807, 2.05) is 30.6 Å². The second kappa shape index (κ2) is 7.81. The summed E-state index contributed by atoms with van der Waals surface area (Å²) in [6.07, 6.45) is 3.78. The minimum absolute atomic E-state index is 0.204. The number of hydrogen-bond acceptors (Lipinski definition) is 3. The van der Waals surface area contributed by atoms with Gasteiger partial charge in [-0.1, -0.05) is 18.2 Å². The summed E-state index contributed by atoms with van der Waals surface area (Å²) >= 11 is 0. The van der Waals surface area contributed by atoms with Crippen LogP contribution in [0.5, 0.6) is 0 Å². The molecule has 4 nitrogen and oxygen atoms in total. The van der Waals surface area contributed by atoms with Gasteiger partial charge in [-0.3, -0.25) is 4.90 Å². The predicted molar refractivity (Wildman–Crippen MR) is 105 cm³/mol. The summed E-state index contributed by atoms with van der Waals surface area (Å²) < 4.78 is 28.5. The number of likely N-dealkylation sites (N-methyl/N-ethyl adjacent to an activating group) is 1. The smallest absolute Gasteiger partial charge is 0.125 e. The lowest BCUT2D eigenvalue weighted by atomic mass is 9.94. The lowest BCUT2D eigenvalue weighted by Gasteiger charge is -2.25. The molecule has 4 rings (SSSR count). The molecule has 0 N–H and O–H groups in total. The van der Waals surface area contributed by atoms with E-state index in [4.69, 9.17) is 0 Å². The Hall–Kier alpha value is -2.57. The van der Waals surface area contributed by atoms with E-state index < -0.39 is 0 Å². The van der Waals surface area contributed by atoms with Crippen LogP contribution in [0.25, 0.3) is 5.69 Å². The number of benzene rings is 2. The Balaban J connectivity index is 1.49. The summed E-state index contributed by atoms with van der Waals surface area (Å²) in [7, 11) is 4.18. The summed E-state index contributed by atoms with van der Waals surface area (Å²) in [6.45, 7) is 2.61. The molecular formula is C22H24F2N4. The lowest BCUT2D eigenvalue weighted by Crippen LogP contribution is -2.34. The van der Waals surface area contributed by atoms with Gasteiger partial charge in [0.2, 0.25) is 0 Å². The summed E-state index contributed by atoms with van der Waals surface area (Å²) in [6, 6.07) is 13.6. The molecule has 0 aliphatic carbocycles. The van der Waals surface area contributed by atoms with Crippen molar-refractivity contribution >= 4 is 0 Å². The molecule has 0 bridgehead atoms. The molecule has 2 aromatic carbocycles. The monoisotopic (exact) mass is 382 g/mol. The number of nitrogens with zero attached hydrogens (tertiary/aromatic N) is 4. The highest BCUT2D eigenvalue weighted by Gasteiger charge is 2.35. The van der Waals surface area contributed by atoms with Crippen LogP contribution in [0, 0.1) is 11.6 Å². The van der Waals surface area contributed by atoms with Crippen molar-refractivity contribution in [3.8, 4) is 5.69 Å². The Morgan fingerprint density at radius 1 is 1.04 bits per heavy atom. The van der Waals surface area contributed by atoms with Crippen molar-refractivity contribution < 1.29 is 8.78 Å². The summed E-state index contributed by atoms with van der Waals surface area (Å²) in [4.78, 5) is 4.63. The second-order valence-electron chi connectivity index (χ2n) is 7.66.